The van der Waals surface area contributed by atoms with Gasteiger partial charge in [-0.15, -0.1) is 0 Å². The van der Waals surface area contributed by atoms with Crippen molar-refractivity contribution in [3.05, 3.63) is 66.0 Å². The summed E-state index contributed by atoms with van der Waals surface area (Å²) in [4.78, 5) is 27.0. The van der Waals surface area contributed by atoms with Crippen LogP contribution in [0.25, 0.3) is 11.0 Å². The predicted octanol–water partition coefficient (Wildman–Crippen LogP) is 5.24. The minimum Gasteiger partial charge on any atom is -0.460 e. The van der Waals surface area contributed by atoms with Crippen molar-refractivity contribution in [1.82, 2.24) is 14.9 Å². The lowest BCUT2D eigenvalue weighted by Gasteiger charge is -2.30. The summed E-state index contributed by atoms with van der Waals surface area (Å²) in [5, 5.41) is 1.09. The number of benzene rings is 1. The normalized spacial score (nSPS) is 19.4. The lowest BCUT2D eigenvalue weighted by atomic mass is 9.94. The number of hydrogen-bond donors (Lipinski definition) is 0. The SMILES string of the molecule is CC(C)(C)OC(=O)CC(CN1CC[C@@H](CCc2ccc3cccnc3n2)C1)c1cccc(N2CCOCC2)c1. The van der Waals surface area contributed by atoms with Crippen LogP contribution >= 0.6 is 0 Å². The number of carbonyl (C=O) groups is 1. The third-order valence-electron chi connectivity index (χ3n) is 7.73. The summed E-state index contributed by atoms with van der Waals surface area (Å²) in [6, 6.07) is 17.0. The van der Waals surface area contributed by atoms with Gasteiger partial charge in [0, 0.05) is 55.1 Å². The van der Waals surface area contributed by atoms with E-state index in [1.165, 1.54) is 17.7 Å². The first-order chi connectivity index (χ1) is 18.8. The van der Waals surface area contributed by atoms with E-state index in [2.05, 4.69) is 57.2 Å². The molecule has 0 aliphatic carbocycles. The molecule has 2 fully saturated rings. The Balaban J connectivity index is 1.23. The van der Waals surface area contributed by atoms with Crippen LogP contribution in [-0.4, -0.2) is 72.4 Å². The fourth-order valence-corrected chi connectivity index (χ4v) is 5.78. The Morgan fingerprint density at radius 2 is 1.95 bits per heavy atom. The van der Waals surface area contributed by atoms with Crippen LogP contribution in [0, 0.1) is 5.92 Å². The minimum absolute atomic E-state index is 0.0906. The molecule has 2 atom stereocenters. The summed E-state index contributed by atoms with van der Waals surface area (Å²) >= 11 is 0. The maximum atomic E-state index is 12.9. The van der Waals surface area contributed by atoms with Crippen LogP contribution in [0.2, 0.25) is 0 Å². The number of carbonyl (C=O) groups excluding carboxylic acids is 1. The van der Waals surface area contributed by atoms with E-state index in [9.17, 15) is 4.79 Å². The molecule has 4 heterocycles. The molecule has 39 heavy (non-hydrogen) atoms. The van der Waals surface area contributed by atoms with Crippen molar-refractivity contribution in [2.24, 2.45) is 5.92 Å². The van der Waals surface area contributed by atoms with Crippen molar-refractivity contribution >= 4 is 22.7 Å². The zero-order chi connectivity index (χ0) is 27.2. The molecule has 0 bridgehead atoms. The molecule has 0 amide bonds. The lowest BCUT2D eigenvalue weighted by molar-refractivity contribution is -0.155. The maximum Gasteiger partial charge on any atom is 0.306 e. The largest absolute Gasteiger partial charge is 0.460 e. The smallest absolute Gasteiger partial charge is 0.306 e. The Kier molecular flexibility index (Phi) is 8.78. The number of morpholine rings is 1. The van der Waals surface area contributed by atoms with Gasteiger partial charge in [-0.25, -0.2) is 9.97 Å². The molecule has 1 aromatic carbocycles. The summed E-state index contributed by atoms with van der Waals surface area (Å²) in [6.45, 7) is 12.1. The molecular formula is C32H42N4O3. The Bertz CT molecular complexity index is 1250. The zero-order valence-electron chi connectivity index (χ0n) is 23.6. The quantitative estimate of drug-likeness (QED) is 0.351. The number of aromatic nitrogens is 2. The van der Waals surface area contributed by atoms with Gasteiger partial charge in [0.2, 0.25) is 0 Å². The summed E-state index contributed by atoms with van der Waals surface area (Å²) in [5.74, 6) is 0.594. The highest BCUT2D eigenvalue weighted by molar-refractivity contribution is 5.74. The molecule has 7 heteroatoms. The number of anilines is 1. The van der Waals surface area contributed by atoms with Crippen LogP contribution in [0.1, 0.15) is 57.2 Å². The number of pyridine rings is 2. The lowest BCUT2D eigenvalue weighted by Crippen LogP contribution is -2.36. The molecule has 0 saturated carbocycles. The first kappa shape index (κ1) is 27.5. The van der Waals surface area contributed by atoms with Crippen molar-refractivity contribution < 1.29 is 14.3 Å². The second-order valence-corrected chi connectivity index (χ2v) is 12.0. The van der Waals surface area contributed by atoms with E-state index in [4.69, 9.17) is 14.5 Å². The topological polar surface area (TPSA) is 67.8 Å². The second-order valence-electron chi connectivity index (χ2n) is 12.0. The summed E-state index contributed by atoms with van der Waals surface area (Å²) in [5.41, 5.74) is 3.88. The Morgan fingerprint density at radius 1 is 1.10 bits per heavy atom. The van der Waals surface area contributed by atoms with Crippen LogP contribution < -0.4 is 4.90 Å². The fraction of sp³-hybridized carbons (Fsp3) is 0.531. The van der Waals surface area contributed by atoms with E-state index in [0.717, 1.165) is 75.5 Å². The summed E-state index contributed by atoms with van der Waals surface area (Å²) in [6.07, 6.45) is 5.45. The summed E-state index contributed by atoms with van der Waals surface area (Å²) < 4.78 is 11.3. The Morgan fingerprint density at radius 3 is 2.77 bits per heavy atom. The van der Waals surface area contributed by atoms with Crippen molar-refractivity contribution in [2.45, 2.75) is 58.0 Å². The van der Waals surface area contributed by atoms with Crippen LogP contribution in [0.5, 0.6) is 0 Å². The van der Waals surface area contributed by atoms with Gasteiger partial charge in [-0.2, -0.15) is 0 Å². The van der Waals surface area contributed by atoms with E-state index in [1.54, 1.807) is 6.20 Å². The van der Waals surface area contributed by atoms with Crippen molar-refractivity contribution in [3.8, 4) is 0 Å². The highest BCUT2D eigenvalue weighted by atomic mass is 16.6. The molecule has 2 aliphatic rings. The second kappa shape index (κ2) is 12.4. The van der Waals surface area contributed by atoms with Gasteiger partial charge in [0.1, 0.15) is 5.60 Å². The van der Waals surface area contributed by atoms with E-state index >= 15 is 0 Å². The number of nitrogens with zero attached hydrogens (tertiary/aromatic N) is 4. The van der Waals surface area contributed by atoms with E-state index in [1.807, 2.05) is 26.8 Å². The molecule has 208 valence electrons. The van der Waals surface area contributed by atoms with Crippen molar-refractivity contribution in [1.29, 1.82) is 0 Å². The van der Waals surface area contributed by atoms with Crippen LogP contribution in [0.3, 0.4) is 0 Å². The highest BCUT2D eigenvalue weighted by Crippen LogP contribution is 2.30. The van der Waals surface area contributed by atoms with E-state index in [-0.39, 0.29) is 11.9 Å². The monoisotopic (exact) mass is 530 g/mol. The van der Waals surface area contributed by atoms with E-state index < -0.39 is 5.60 Å². The number of esters is 1. The van der Waals surface area contributed by atoms with Gasteiger partial charge in [0.05, 0.1) is 19.6 Å². The molecule has 2 aromatic heterocycles. The fourth-order valence-electron chi connectivity index (χ4n) is 5.78. The number of hydrogen-bond acceptors (Lipinski definition) is 7. The highest BCUT2D eigenvalue weighted by Gasteiger charge is 2.28. The van der Waals surface area contributed by atoms with Crippen molar-refractivity contribution in [2.75, 3.05) is 50.8 Å². The molecule has 0 N–H and O–H groups in total. The van der Waals surface area contributed by atoms with Crippen LogP contribution in [0.15, 0.2) is 54.7 Å². The summed E-state index contributed by atoms with van der Waals surface area (Å²) in [7, 11) is 0. The predicted molar refractivity (Wildman–Crippen MR) is 155 cm³/mol. The third kappa shape index (κ3) is 7.76. The number of ether oxygens (including phenoxy) is 2. The number of fused-ring (bicyclic) bond motifs is 1. The number of rotatable bonds is 9. The Hall–Kier alpha value is -3.03. The molecule has 0 spiro atoms. The van der Waals surface area contributed by atoms with Crippen LogP contribution in [0.4, 0.5) is 5.69 Å². The van der Waals surface area contributed by atoms with Crippen molar-refractivity contribution in [3.63, 3.8) is 0 Å². The first-order valence-corrected chi connectivity index (χ1v) is 14.4. The molecule has 2 saturated heterocycles. The number of aryl methyl sites for hydroxylation is 1. The standard InChI is InChI=1S/C32H42N4O3/c1-32(2,3)39-30(37)21-27(26-6-4-8-29(20-26)36-16-18-38-19-17-36)23-35-15-13-24(22-35)9-11-28-12-10-25-7-5-14-33-31(25)34-28/h4-8,10,12,14,20,24,27H,9,11,13,15-19,21-23H2,1-3H3/t24-,27?/m1/s1. The molecular weight excluding hydrogens is 488 g/mol. The molecule has 1 unspecified atom stereocenters. The van der Waals surface area contributed by atoms with Gasteiger partial charge in [0.25, 0.3) is 0 Å². The average molecular weight is 531 g/mol. The molecule has 7 nitrogen and oxygen atoms in total. The molecule has 5 rings (SSSR count). The van der Waals surface area contributed by atoms with Gasteiger partial charge in [-0.05, 0) is 94.5 Å². The van der Waals surface area contributed by atoms with Gasteiger partial charge < -0.3 is 19.3 Å². The molecule has 3 aromatic rings. The van der Waals surface area contributed by atoms with E-state index in [0.29, 0.717) is 12.3 Å². The van der Waals surface area contributed by atoms with Crippen LogP contribution in [-0.2, 0) is 20.7 Å². The van der Waals surface area contributed by atoms with Gasteiger partial charge >= 0.3 is 5.97 Å². The zero-order valence-corrected chi connectivity index (χ0v) is 23.6. The Labute approximate surface area is 232 Å². The van der Waals surface area contributed by atoms with Gasteiger partial charge in [-0.1, -0.05) is 12.1 Å². The first-order valence-electron chi connectivity index (χ1n) is 14.4. The molecule has 2 aliphatic heterocycles. The van der Waals surface area contributed by atoms with Gasteiger partial charge in [-0.3, -0.25) is 4.79 Å². The number of likely N-dealkylation sites (tertiary alicyclic amines) is 1. The average Bonchev–Trinajstić information content (AvgIpc) is 3.38. The minimum atomic E-state index is -0.484. The third-order valence-corrected chi connectivity index (χ3v) is 7.73. The molecule has 0 radical (unpaired) electrons. The van der Waals surface area contributed by atoms with Gasteiger partial charge in [0.15, 0.2) is 5.65 Å². The maximum absolute atomic E-state index is 12.9.